The van der Waals surface area contributed by atoms with E-state index in [2.05, 4.69) is 5.32 Å². The average molecular weight is 282 g/mol. The summed E-state index contributed by atoms with van der Waals surface area (Å²) in [4.78, 5) is 10.6. The van der Waals surface area contributed by atoms with E-state index in [1.807, 2.05) is 0 Å². The molecular weight excluding hydrogens is 248 g/mol. The number of primary amides is 1. The van der Waals surface area contributed by atoms with Crippen LogP contribution in [0.4, 0.5) is 0 Å². The molecule has 0 aromatic rings. The van der Waals surface area contributed by atoms with E-state index in [1.54, 1.807) is 0 Å². The SMILES string of the molecule is NC(=O)CCCCCCCCCCCC1CCNCC1. The Morgan fingerprint density at radius 3 is 1.90 bits per heavy atom. The van der Waals surface area contributed by atoms with Crippen molar-refractivity contribution in [3.8, 4) is 0 Å². The van der Waals surface area contributed by atoms with Gasteiger partial charge in [-0.15, -0.1) is 0 Å². The molecule has 0 unspecified atom stereocenters. The normalized spacial score (nSPS) is 16.4. The molecule has 0 spiro atoms. The smallest absolute Gasteiger partial charge is 0.217 e. The molecular formula is C17H34N2O. The first-order valence-corrected chi connectivity index (χ1v) is 8.78. The Hall–Kier alpha value is -0.570. The highest BCUT2D eigenvalue weighted by Crippen LogP contribution is 2.20. The maximum absolute atomic E-state index is 10.6. The molecule has 0 radical (unpaired) electrons. The topological polar surface area (TPSA) is 55.1 Å². The monoisotopic (exact) mass is 282 g/mol. The van der Waals surface area contributed by atoms with Gasteiger partial charge in [0.25, 0.3) is 0 Å². The Balaban J connectivity index is 1.73. The van der Waals surface area contributed by atoms with Crippen LogP contribution in [0.2, 0.25) is 0 Å². The van der Waals surface area contributed by atoms with Crippen molar-refractivity contribution < 1.29 is 4.79 Å². The summed E-state index contributed by atoms with van der Waals surface area (Å²) >= 11 is 0. The van der Waals surface area contributed by atoms with Crippen molar-refractivity contribution in [3.63, 3.8) is 0 Å². The summed E-state index contributed by atoms with van der Waals surface area (Å²) in [6.07, 6.45) is 16.6. The van der Waals surface area contributed by atoms with Crippen molar-refractivity contribution >= 4 is 5.91 Å². The van der Waals surface area contributed by atoms with E-state index >= 15 is 0 Å². The fraction of sp³-hybridized carbons (Fsp3) is 0.941. The van der Waals surface area contributed by atoms with Gasteiger partial charge in [0.15, 0.2) is 0 Å². The van der Waals surface area contributed by atoms with E-state index in [-0.39, 0.29) is 5.91 Å². The molecule has 0 atom stereocenters. The van der Waals surface area contributed by atoms with Crippen LogP contribution in [0.1, 0.15) is 83.5 Å². The molecule has 3 nitrogen and oxygen atoms in total. The van der Waals surface area contributed by atoms with Crippen LogP contribution in [-0.4, -0.2) is 19.0 Å². The summed E-state index contributed by atoms with van der Waals surface area (Å²) in [7, 11) is 0. The Bertz CT molecular complexity index is 237. The Labute approximate surface area is 125 Å². The first-order valence-electron chi connectivity index (χ1n) is 8.78. The van der Waals surface area contributed by atoms with Gasteiger partial charge in [0.2, 0.25) is 5.91 Å². The number of piperidine rings is 1. The zero-order valence-corrected chi connectivity index (χ0v) is 13.2. The van der Waals surface area contributed by atoms with Gasteiger partial charge in [-0.05, 0) is 38.3 Å². The molecule has 0 aromatic carbocycles. The number of hydrogen-bond acceptors (Lipinski definition) is 2. The second-order valence-corrected chi connectivity index (χ2v) is 6.38. The molecule has 1 fully saturated rings. The number of unbranched alkanes of at least 4 members (excludes halogenated alkanes) is 8. The minimum Gasteiger partial charge on any atom is -0.370 e. The van der Waals surface area contributed by atoms with Gasteiger partial charge >= 0.3 is 0 Å². The van der Waals surface area contributed by atoms with Crippen molar-refractivity contribution in [1.29, 1.82) is 0 Å². The molecule has 1 heterocycles. The molecule has 1 aliphatic heterocycles. The first-order chi connectivity index (χ1) is 9.79. The Morgan fingerprint density at radius 1 is 0.850 bits per heavy atom. The highest BCUT2D eigenvalue weighted by Gasteiger charge is 2.11. The second-order valence-electron chi connectivity index (χ2n) is 6.38. The first kappa shape index (κ1) is 17.5. The maximum Gasteiger partial charge on any atom is 0.217 e. The Morgan fingerprint density at radius 2 is 1.35 bits per heavy atom. The van der Waals surface area contributed by atoms with E-state index in [0.29, 0.717) is 6.42 Å². The molecule has 3 N–H and O–H groups in total. The number of rotatable bonds is 12. The van der Waals surface area contributed by atoms with Crippen LogP contribution in [0.5, 0.6) is 0 Å². The van der Waals surface area contributed by atoms with E-state index in [0.717, 1.165) is 12.3 Å². The van der Waals surface area contributed by atoms with Gasteiger partial charge < -0.3 is 11.1 Å². The fourth-order valence-corrected chi connectivity index (χ4v) is 3.14. The predicted octanol–water partition coefficient (Wildman–Crippen LogP) is 3.76. The Kier molecular flexibility index (Phi) is 10.7. The van der Waals surface area contributed by atoms with Gasteiger partial charge in [-0.25, -0.2) is 0 Å². The fourth-order valence-electron chi connectivity index (χ4n) is 3.14. The van der Waals surface area contributed by atoms with Crippen LogP contribution in [0.15, 0.2) is 0 Å². The quantitative estimate of drug-likeness (QED) is 0.535. The number of carbonyl (C=O) groups is 1. The van der Waals surface area contributed by atoms with Crippen LogP contribution in [0.3, 0.4) is 0 Å². The number of carbonyl (C=O) groups excluding carboxylic acids is 1. The van der Waals surface area contributed by atoms with Gasteiger partial charge in [0, 0.05) is 6.42 Å². The second kappa shape index (κ2) is 12.2. The van der Waals surface area contributed by atoms with Crippen LogP contribution in [0.25, 0.3) is 0 Å². The van der Waals surface area contributed by atoms with Crippen LogP contribution in [-0.2, 0) is 4.79 Å². The molecule has 1 aliphatic rings. The summed E-state index contributed by atoms with van der Waals surface area (Å²) in [5, 5.41) is 3.43. The number of nitrogens with one attached hydrogen (secondary N) is 1. The minimum atomic E-state index is -0.154. The largest absolute Gasteiger partial charge is 0.370 e. The highest BCUT2D eigenvalue weighted by molar-refractivity contribution is 5.73. The standard InChI is InChI=1S/C17H34N2O/c18-17(20)11-9-7-5-3-1-2-4-6-8-10-16-12-14-19-15-13-16/h16,19H,1-15H2,(H2,18,20). The molecule has 0 saturated carbocycles. The molecule has 0 bridgehead atoms. The lowest BCUT2D eigenvalue weighted by molar-refractivity contribution is -0.118. The predicted molar refractivity (Wildman–Crippen MR) is 85.6 cm³/mol. The summed E-state index contributed by atoms with van der Waals surface area (Å²) in [5.41, 5.74) is 5.11. The molecule has 20 heavy (non-hydrogen) atoms. The van der Waals surface area contributed by atoms with Crippen molar-refractivity contribution in [2.75, 3.05) is 13.1 Å². The lowest BCUT2D eigenvalue weighted by atomic mass is 9.92. The summed E-state index contributed by atoms with van der Waals surface area (Å²) in [6, 6.07) is 0. The molecule has 118 valence electrons. The molecule has 0 aliphatic carbocycles. The zero-order valence-electron chi connectivity index (χ0n) is 13.2. The lowest BCUT2D eigenvalue weighted by Crippen LogP contribution is -2.27. The molecule has 0 aromatic heterocycles. The van der Waals surface area contributed by atoms with Gasteiger partial charge in [-0.3, -0.25) is 4.79 Å². The minimum absolute atomic E-state index is 0.154. The third-order valence-electron chi connectivity index (χ3n) is 4.49. The summed E-state index contributed by atoms with van der Waals surface area (Å²) in [5.74, 6) is 0.847. The van der Waals surface area contributed by atoms with Crippen molar-refractivity contribution in [2.45, 2.75) is 83.5 Å². The van der Waals surface area contributed by atoms with Gasteiger partial charge in [-0.1, -0.05) is 57.8 Å². The van der Waals surface area contributed by atoms with E-state index in [4.69, 9.17) is 5.73 Å². The lowest BCUT2D eigenvalue weighted by Gasteiger charge is -2.22. The highest BCUT2D eigenvalue weighted by atomic mass is 16.1. The summed E-state index contributed by atoms with van der Waals surface area (Å²) in [6.45, 7) is 2.47. The maximum atomic E-state index is 10.6. The average Bonchev–Trinajstić information content (AvgIpc) is 2.45. The molecule has 1 amide bonds. The van der Waals surface area contributed by atoms with Gasteiger partial charge in [0.05, 0.1) is 0 Å². The van der Waals surface area contributed by atoms with Crippen molar-refractivity contribution in [2.24, 2.45) is 11.7 Å². The third-order valence-corrected chi connectivity index (χ3v) is 4.49. The number of nitrogens with two attached hydrogens (primary N) is 1. The van der Waals surface area contributed by atoms with E-state index < -0.39 is 0 Å². The van der Waals surface area contributed by atoms with Crippen LogP contribution < -0.4 is 11.1 Å². The van der Waals surface area contributed by atoms with Crippen molar-refractivity contribution in [3.05, 3.63) is 0 Å². The zero-order chi connectivity index (χ0) is 14.5. The van der Waals surface area contributed by atoms with Crippen LogP contribution >= 0.6 is 0 Å². The molecule has 1 rings (SSSR count). The van der Waals surface area contributed by atoms with Crippen LogP contribution in [0, 0.1) is 5.92 Å². The van der Waals surface area contributed by atoms with E-state index in [9.17, 15) is 4.79 Å². The number of amides is 1. The third kappa shape index (κ3) is 10.2. The van der Waals surface area contributed by atoms with Gasteiger partial charge in [-0.2, -0.15) is 0 Å². The molecule has 3 heteroatoms. The molecule has 1 saturated heterocycles. The number of hydrogen-bond donors (Lipinski definition) is 2. The van der Waals surface area contributed by atoms with Crippen molar-refractivity contribution in [1.82, 2.24) is 5.32 Å². The van der Waals surface area contributed by atoms with Gasteiger partial charge in [0.1, 0.15) is 0 Å². The van der Waals surface area contributed by atoms with E-state index in [1.165, 1.54) is 83.7 Å². The summed E-state index contributed by atoms with van der Waals surface area (Å²) < 4.78 is 0.